The second kappa shape index (κ2) is 5.57. The van der Waals surface area contributed by atoms with Crippen LogP contribution in [0.25, 0.3) is 0 Å². The van der Waals surface area contributed by atoms with E-state index in [4.69, 9.17) is 11.6 Å². The van der Waals surface area contributed by atoms with Gasteiger partial charge in [0.05, 0.1) is 9.95 Å². The lowest BCUT2D eigenvalue weighted by molar-refractivity contribution is -0.383. The molecule has 0 saturated carbocycles. The van der Waals surface area contributed by atoms with Crippen LogP contribution in [0.3, 0.4) is 0 Å². The number of carbonyl (C=O) groups is 1. The number of nitrogens with one attached hydrogen (secondary N) is 2. The number of nitro groups is 1. The first-order chi connectivity index (χ1) is 9.52. The van der Waals surface area contributed by atoms with Crippen molar-refractivity contribution in [3.05, 3.63) is 45.2 Å². The van der Waals surface area contributed by atoms with E-state index >= 15 is 0 Å². The van der Waals surface area contributed by atoms with E-state index in [9.17, 15) is 14.9 Å². The fraction of sp³-hybridized carbons (Fsp3) is 0.0909. The highest BCUT2D eigenvalue weighted by Crippen LogP contribution is 2.33. The van der Waals surface area contributed by atoms with Gasteiger partial charge in [-0.2, -0.15) is 0 Å². The van der Waals surface area contributed by atoms with Gasteiger partial charge in [0.2, 0.25) is 0 Å². The van der Waals surface area contributed by atoms with Crippen molar-refractivity contribution in [3.8, 4) is 0 Å². The summed E-state index contributed by atoms with van der Waals surface area (Å²) in [7, 11) is 1.50. The normalized spacial score (nSPS) is 10.1. The molecule has 0 fully saturated rings. The fourth-order valence-corrected chi connectivity index (χ4v) is 1.89. The Balaban J connectivity index is 2.37. The lowest BCUT2D eigenvalue weighted by atomic mass is 10.1. The molecule has 0 spiro atoms. The van der Waals surface area contributed by atoms with Gasteiger partial charge in [-0.25, -0.2) is 0 Å². The van der Waals surface area contributed by atoms with E-state index in [1.807, 2.05) is 0 Å². The number of benzene rings is 1. The zero-order valence-corrected chi connectivity index (χ0v) is 11.0. The Morgan fingerprint density at radius 1 is 1.50 bits per heavy atom. The van der Waals surface area contributed by atoms with E-state index in [2.05, 4.69) is 20.3 Å². The standard InChI is InChI=1S/C11H9ClN4O4/c1-13-10-7(12)4-6(5-8(10)16(18)19)11(17)14-9-2-3-20-15-9/h2-5,13H,1H3,(H,14,15,17). The molecule has 104 valence electrons. The number of carbonyl (C=O) groups excluding carboxylic acids is 1. The Labute approximate surface area is 117 Å². The summed E-state index contributed by atoms with van der Waals surface area (Å²) in [6.45, 7) is 0. The molecule has 8 nitrogen and oxygen atoms in total. The molecule has 9 heteroatoms. The average molecular weight is 297 g/mol. The first-order valence-electron chi connectivity index (χ1n) is 5.40. The maximum atomic E-state index is 11.9. The molecule has 2 aromatic rings. The zero-order chi connectivity index (χ0) is 14.7. The van der Waals surface area contributed by atoms with Crippen molar-refractivity contribution >= 4 is 34.7 Å². The Kier molecular flexibility index (Phi) is 3.85. The largest absolute Gasteiger partial charge is 0.381 e. The van der Waals surface area contributed by atoms with E-state index in [0.717, 1.165) is 6.07 Å². The summed E-state index contributed by atoms with van der Waals surface area (Å²) in [5.74, 6) is -0.377. The van der Waals surface area contributed by atoms with Crippen LogP contribution in [0.2, 0.25) is 5.02 Å². The highest BCUT2D eigenvalue weighted by molar-refractivity contribution is 6.34. The van der Waals surface area contributed by atoms with Crippen LogP contribution in [0.4, 0.5) is 17.2 Å². The van der Waals surface area contributed by atoms with E-state index < -0.39 is 10.8 Å². The first-order valence-corrected chi connectivity index (χ1v) is 5.78. The van der Waals surface area contributed by atoms with Gasteiger partial charge >= 0.3 is 0 Å². The highest BCUT2D eigenvalue weighted by Gasteiger charge is 2.21. The van der Waals surface area contributed by atoms with Crippen molar-refractivity contribution < 1.29 is 14.2 Å². The topological polar surface area (TPSA) is 110 Å². The van der Waals surface area contributed by atoms with Crippen LogP contribution >= 0.6 is 11.6 Å². The summed E-state index contributed by atoms with van der Waals surface area (Å²) >= 11 is 5.92. The van der Waals surface area contributed by atoms with Crippen LogP contribution in [0.1, 0.15) is 10.4 Å². The van der Waals surface area contributed by atoms with Crippen molar-refractivity contribution in [2.75, 3.05) is 17.7 Å². The molecule has 0 radical (unpaired) electrons. The highest BCUT2D eigenvalue weighted by atomic mass is 35.5. The third kappa shape index (κ3) is 2.69. The van der Waals surface area contributed by atoms with Crippen LogP contribution < -0.4 is 10.6 Å². The van der Waals surface area contributed by atoms with Crippen molar-refractivity contribution in [2.45, 2.75) is 0 Å². The predicted octanol–water partition coefficient (Wildman–Crippen LogP) is 2.53. The molecule has 1 aromatic heterocycles. The van der Waals surface area contributed by atoms with Gasteiger partial charge in [-0.05, 0) is 6.07 Å². The van der Waals surface area contributed by atoms with Crippen LogP contribution in [-0.2, 0) is 0 Å². The first kappa shape index (κ1) is 13.8. The number of nitro benzene ring substituents is 1. The van der Waals surface area contributed by atoms with Crippen molar-refractivity contribution in [1.29, 1.82) is 0 Å². The van der Waals surface area contributed by atoms with Gasteiger partial charge in [0.1, 0.15) is 12.0 Å². The summed E-state index contributed by atoms with van der Waals surface area (Å²) in [5, 5.41) is 19.6. The minimum absolute atomic E-state index is 0.0451. The van der Waals surface area contributed by atoms with Crippen molar-refractivity contribution in [2.24, 2.45) is 0 Å². The molecule has 1 aromatic carbocycles. The number of aromatic nitrogens is 1. The molecule has 20 heavy (non-hydrogen) atoms. The monoisotopic (exact) mass is 296 g/mol. The number of nitrogens with zero attached hydrogens (tertiary/aromatic N) is 2. The summed E-state index contributed by atoms with van der Waals surface area (Å²) < 4.78 is 4.56. The Hall–Kier alpha value is -2.61. The number of halogens is 1. The SMILES string of the molecule is CNc1c(Cl)cc(C(=O)Nc2ccon2)cc1[N+](=O)[O-]. The smallest absolute Gasteiger partial charge is 0.294 e. The molecular formula is C11H9ClN4O4. The molecule has 0 bridgehead atoms. The Bertz CT molecular complexity index is 657. The second-order valence-corrected chi connectivity index (χ2v) is 4.11. The molecular weight excluding hydrogens is 288 g/mol. The number of hydrogen-bond acceptors (Lipinski definition) is 6. The molecule has 0 saturated heterocycles. The minimum Gasteiger partial charge on any atom is -0.381 e. The predicted molar refractivity (Wildman–Crippen MR) is 72.1 cm³/mol. The number of hydrogen-bond donors (Lipinski definition) is 2. The van der Waals surface area contributed by atoms with Gasteiger partial charge in [-0.1, -0.05) is 16.8 Å². The third-order valence-corrected chi connectivity index (χ3v) is 2.76. The van der Waals surface area contributed by atoms with Crippen LogP contribution in [-0.4, -0.2) is 23.0 Å². The van der Waals surface area contributed by atoms with Gasteiger partial charge in [0.15, 0.2) is 5.82 Å². The summed E-state index contributed by atoms with van der Waals surface area (Å²) in [4.78, 5) is 22.3. The van der Waals surface area contributed by atoms with E-state index in [0.29, 0.717) is 0 Å². The van der Waals surface area contributed by atoms with Crippen LogP contribution in [0.5, 0.6) is 0 Å². The Morgan fingerprint density at radius 3 is 2.80 bits per heavy atom. The van der Waals surface area contributed by atoms with E-state index in [1.165, 1.54) is 25.4 Å². The maximum Gasteiger partial charge on any atom is 0.294 e. The lowest BCUT2D eigenvalue weighted by Crippen LogP contribution is -2.13. The summed E-state index contributed by atoms with van der Waals surface area (Å²) in [6, 6.07) is 3.90. The van der Waals surface area contributed by atoms with E-state index in [-0.39, 0.29) is 27.8 Å². The van der Waals surface area contributed by atoms with Crippen molar-refractivity contribution in [1.82, 2.24) is 5.16 Å². The summed E-state index contributed by atoms with van der Waals surface area (Å²) in [5.41, 5.74) is -0.0938. The minimum atomic E-state index is -0.620. The van der Waals surface area contributed by atoms with Gasteiger partial charge in [-0.3, -0.25) is 14.9 Å². The van der Waals surface area contributed by atoms with E-state index in [1.54, 1.807) is 0 Å². The summed E-state index contributed by atoms with van der Waals surface area (Å²) in [6.07, 6.45) is 1.29. The Morgan fingerprint density at radius 2 is 2.25 bits per heavy atom. The van der Waals surface area contributed by atoms with Crippen LogP contribution in [0.15, 0.2) is 29.0 Å². The van der Waals surface area contributed by atoms with Crippen LogP contribution in [0, 0.1) is 10.1 Å². The number of anilines is 2. The molecule has 2 rings (SSSR count). The number of rotatable bonds is 4. The molecule has 1 amide bonds. The quantitative estimate of drug-likeness (QED) is 0.662. The fourth-order valence-electron chi connectivity index (χ4n) is 1.58. The van der Waals surface area contributed by atoms with Gasteiger partial charge < -0.3 is 15.2 Å². The zero-order valence-electron chi connectivity index (χ0n) is 10.2. The molecule has 0 aliphatic carbocycles. The molecule has 0 unspecified atom stereocenters. The van der Waals surface area contributed by atoms with Gasteiger partial charge in [0, 0.05) is 24.7 Å². The molecule has 0 atom stereocenters. The van der Waals surface area contributed by atoms with Gasteiger partial charge in [-0.15, -0.1) is 0 Å². The maximum absolute atomic E-state index is 11.9. The lowest BCUT2D eigenvalue weighted by Gasteiger charge is -2.07. The molecule has 0 aliphatic rings. The number of amides is 1. The second-order valence-electron chi connectivity index (χ2n) is 3.70. The third-order valence-electron chi connectivity index (χ3n) is 2.46. The molecule has 0 aliphatic heterocycles. The van der Waals surface area contributed by atoms with Crippen molar-refractivity contribution in [3.63, 3.8) is 0 Å². The molecule has 1 heterocycles. The molecule has 2 N–H and O–H groups in total. The average Bonchev–Trinajstić information content (AvgIpc) is 2.90. The van der Waals surface area contributed by atoms with Gasteiger partial charge in [0.25, 0.3) is 11.6 Å².